The lowest BCUT2D eigenvalue weighted by Gasteiger charge is -2.15. The molecule has 1 aromatic rings. The molecule has 1 saturated heterocycles. The van der Waals surface area contributed by atoms with Gasteiger partial charge in [-0.3, -0.25) is 9.59 Å². The smallest absolute Gasteiger partial charge is 0.288 e. The number of halogens is 2. The number of nitrogens with one attached hydrogen (secondary N) is 1. The second-order valence-corrected chi connectivity index (χ2v) is 6.64. The average Bonchev–Trinajstić information content (AvgIpc) is 3.21. The third kappa shape index (κ3) is 3.58. The monoisotopic (exact) mass is 326 g/mol. The number of thioether (sulfide) groups is 1. The molecular formula is C15H16F2N2O2S. The Labute approximate surface area is 131 Å². The van der Waals surface area contributed by atoms with Gasteiger partial charge in [-0.1, -0.05) is 17.8 Å². The third-order valence-electron chi connectivity index (χ3n) is 3.84. The van der Waals surface area contributed by atoms with Gasteiger partial charge in [-0.15, -0.1) is 0 Å². The van der Waals surface area contributed by atoms with Gasteiger partial charge in [0.1, 0.15) is 0 Å². The first-order chi connectivity index (χ1) is 10.5. The van der Waals surface area contributed by atoms with E-state index in [1.165, 1.54) is 6.07 Å². The Morgan fingerprint density at radius 2 is 2.14 bits per heavy atom. The molecule has 118 valence electrons. The first-order valence-electron chi connectivity index (χ1n) is 7.18. The van der Waals surface area contributed by atoms with E-state index >= 15 is 0 Å². The number of amides is 2. The van der Waals surface area contributed by atoms with Crippen LogP contribution in [-0.2, 0) is 9.59 Å². The number of likely N-dealkylation sites (tertiary alicyclic amines) is 1. The summed E-state index contributed by atoms with van der Waals surface area (Å²) in [5.74, 6) is -3.05. The highest BCUT2D eigenvalue weighted by atomic mass is 32.2. The van der Waals surface area contributed by atoms with E-state index in [0.29, 0.717) is 34.9 Å². The van der Waals surface area contributed by atoms with Crippen molar-refractivity contribution < 1.29 is 18.4 Å². The highest BCUT2D eigenvalue weighted by Gasteiger charge is 2.41. The Bertz CT molecular complexity index is 593. The molecule has 1 saturated carbocycles. The molecule has 1 aromatic carbocycles. The zero-order valence-electron chi connectivity index (χ0n) is 11.8. The molecule has 3 rings (SSSR count). The van der Waals surface area contributed by atoms with Crippen molar-refractivity contribution in [1.82, 2.24) is 4.90 Å². The van der Waals surface area contributed by atoms with Crippen LogP contribution < -0.4 is 5.32 Å². The van der Waals surface area contributed by atoms with Crippen LogP contribution in [-0.4, -0.2) is 35.1 Å². The van der Waals surface area contributed by atoms with Crippen molar-refractivity contribution in [1.29, 1.82) is 0 Å². The van der Waals surface area contributed by atoms with Gasteiger partial charge in [0.25, 0.3) is 5.76 Å². The standard InChI is InChI=1S/C15H16F2N2O2S/c16-15(17)22-12-3-1-2-10(7-12)18-14(21)9-6-13(20)19(8-9)11-4-5-11/h1-3,7,9,11,15H,4-6,8H2,(H,18,21)/t9-/m1/s1. The van der Waals surface area contributed by atoms with Gasteiger partial charge < -0.3 is 10.2 Å². The van der Waals surface area contributed by atoms with E-state index in [1.807, 2.05) is 0 Å². The Hall–Kier alpha value is -1.63. The van der Waals surface area contributed by atoms with E-state index in [-0.39, 0.29) is 24.2 Å². The average molecular weight is 326 g/mol. The van der Waals surface area contributed by atoms with Gasteiger partial charge in [0.2, 0.25) is 11.8 Å². The van der Waals surface area contributed by atoms with E-state index in [0.717, 1.165) is 12.8 Å². The Morgan fingerprint density at radius 3 is 2.82 bits per heavy atom. The maximum absolute atomic E-state index is 12.4. The molecule has 4 nitrogen and oxygen atoms in total. The van der Waals surface area contributed by atoms with E-state index in [2.05, 4.69) is 5.32 Å². The van der Waals surface area contributed by atoms with E-state index < -0.39 is 5.76 Å². The molecule has 1 N–H and O–H groups in total. The van der Waals surface area contributed by atoms with Crippen LogP contribution in [0.2, 0.25) is 0 Å². The molecule has 7 heteroatoms. The highest BCUT2D eigenvalue weighted by Crippen LogP contribution is 2.33. The van der Waals surface area contributed by atoms with Gasteiger partial charge in [-0.05, 0) is 31.0 Å². The lowest BCUT2D eigenvalue weighted by molar-refractivity contribution is -0.128. The summed E-state index contributed by atoms with van der Waals surface area (Å²) in [6.07, 6.45) is 2.27. The van der Waals surface area contributed by atoms with Crippen LogP contribution in [0, 0.1) is 5.92 Å². The molecule has 0 unspecified atom stereocenters. The first-order valence-corrected chi connectivity index (χ1v) is 8.06. The first kappa shape index (κ1) is 15.3. The van der Waals surface area contributed by atoms with E-state index in [1.54, 1.807) is 23.1 Å². The van der Waals surface area contributed by atoms with Gasteiger partial charge in [0.15, 0.2) is 0 Å². The normalized spacial score (nSPS) is 21.5. The molecule has 2 fully saturated rings. The maximum Gasteiger partial charge on any atom is 0.288 e. The predicted octanol–water partition coefficient (Wildman–Crippen LogP) is 2.95. The maximum atomic E-state index is 12.4. The summed E-state index contributed by atoms with van der Waals surface area (Å²) in [5.41, 5.74) is 0.480. The number of carbonyl (C=O) groups is 2. The van der Waals surface area contributed by atoms with Crippen LogP contribution >= 0.6 is 11.8 Å². The van der Waals surface area contributed by atoms with Crippen molar-refractivity contribution in [2.75, 3.05) is 11.9 Å². The fourth-order valence-corrected chi connectivity index (χ4v) is 3.20. The molecule has 0 spiro atoms. The summed E-state index contributed by atoms with van der Waals surface area (Å²) < 4.78 is 24.7. The van der Waals surface area contributed by atoms with Crippen molar-refractivity contribution in [3.8, 4) is 0 Å². The fourth-order valence-electron chi connectivity index (χ4n) is 2.64. The quantitative estimate of drug-likeness (QED) is 0.847. The molecule has 0 radical (unpaired) electrons. The Morgan fingerprint density at radius 1 is 1.36 bits per heavy atom. The Balaban J connectivity index is 1.61. The van der Waals surface area contributed by atoms with Gasteiger partial charge in [0.05, 0.1) is 5.92 Å². The van der Waals surface area contributed by atoms with Crippen LogP contribution in [0.3, 0.4) is 0 Å². The van der Waals surface area contributed by atoms with Gasteiger partial charge >= 0.3 is 0 Å². The molecule has 1 aliphatic heterocycles. The molecule has 2 aliphatic rings. The molecule has 0 aromatic heterocycles. The SMILES string of the molecule is O=C(Nc1cccc(SC(F)F)c1)[C@@H]1CC(=O)N(C2CC2)C1. The summed E-state index contributed by atoms with van der Waals surface area (Å²) >= 11 is 0.438. The van der Waals surface area contributed by atoms with Crippen LogP contribution in [0.5, 0.6) is 0 Å². The van der Waals surface area contributed by atoms with Gasteiger partial charge in [-0.25, -0.2) is 0 Å². The number of hydrogen-bond acceptors (Lipinski definition) is 3. The van der Waals surface area contributed by atoms with Crippen LogP contribution in [0.25, 0.3) is 0 Å². The number of anilines is 1. The number of alkyl halides is 2. The molecule has 1 atom stereocenters. The molecule has 2 amide bonds. The van der Waals surface area contributed by atoms with Crippen LogP contribution in [0.15, 0.2) is 29.2 Å². The minimum absolute atomic E-state index is 0.0321. The van der Waals surface area contributed by atoms with E-state index in [9.17, 15) is 18.4 Å². The van der Waals surface area contributed by atoms with Crippen molar-refractivity contribution >= 4 is 29.3 Å². The number of hydrogen-bond donors (Lipinski definition) is 1. The molecular weight excluding hydrogens is 310 g/mol. The molecule has 1 aliphatic carbocycles. The largest absolute Gasteiger partial charge is 0.339 e. The van der Waals surface area contributed by atoms with Crippen LogP contribution in [0.1, 0.15) is 19.3 Å². The summed E-state index contributed by atoms with van der Waals surface area (Å²) in [6, 6.07) is 6.68. The molecule has 1 heterocycles. The number of nitrogens with zero attached hydrogens (tertiary/aromatic N) is 1. The summed E-state index contributed by atoms with van der Waals surface area (Å²) in [4.78, 5) is 26.3. The molecule has 0 bridgehead atoms. The van der Waals surface area contributed by atoms with Gasteiger partial charge in [0, 0.05) is 29.6 Å². The van der Waals surface area contributed by atoms with Crippen molar-refractivity contribution in [2.45, 2.75) is 36.0 Å². The minimum atomic E-state index is -2.49. The van der Waals surface area contributed by atoms with Crippen molar-refractivity contribution in [3.63, 3.8) is 0 Å². The fraction of sp³-hybridized carbons (Fsp3) is 0.467. The second-order valence-electron chi connectivity index (χ2n) is 5.57. The topological polar surface area (TPSA) is 49.4 Å². The second kappa shape index (κ2) is 6.24. The predicted molar refractivity (Wildman–Crippen MR) is 79.8 cm³/mol. The lowest BCUT2D eigenvalue weighted by Crippen LogP contribution is -2.29. The summed E-state index contributed by atoms with van der Waals surface area (Å²) in [5, 5.41) is 2.72. The van der Waals surface area contributed by atoms with Crippen molar-refractivity contribution in [2.24, 2.45) is 5.92 Å². The van der Waals surface area contributed by atoms with Gasteiger partial charge in [-0.2, -0.15) is 8.78 Å². The summed E-state index contributed by atoms with van der Waals surface area (Å²) in [7, 11) is 0. The lowest BCUT2D eigenvalue weighted by atomic mass is 10.1. The molecule has 22 heavy (non-hydrogen) atoms. The van der Waals surface area contributed by atoms with E-state index in [4.69, 9.17) is 0 Å². The Kier molecular flexibility index (Phi) is 4.33. The number of benzene rings is 1. The highest BCUT2D eigenvalue weighted by molar-refractivity contribution is 7.99. The zero-order chi connectivity index (χ0) is 15.7. The summed E-state index contributed by atoms with van der Waals surface area (Å²) in [6.45, 7) is 0.459. The number of carbonyl (C=O) groups excluding carboxylic acids is 2. The zero-order valence-corrected chi connectivity index (χ0v) is 12.6. The third-order valence-corrected chi connectivity index (χ3v) is 4.55. The van der Waals surface area contributed by atoms with Crippen molar-refractivity contribution in [3.05, 3.63) is 24.3 Å². The van der Waals surface area contributed by atoms with Crippen LogP contribution in [0.4, 0.5) is 14.5 Å². The minimum Gasteiger partial charge on any atom is -0.339 e. The number of rotatable bonds is 5.